The third-order valence-corrected chi connectivity index (χ3v) is 6.47. The molecule has 0 aliphatic rings. The monoisotopic (exact) mass is 466 g/mol. The molecule has 1 N–H and O–H groups in total. The van der Waals surface area contributed by atoms with Crippen LogP contribution in [0.25, 0.3) is 0 Å². The lowest BCUT2D eigenvalue weighted by Crippen LogP contribution is -2.41. The smallest absolute Gasteiger partial charge is 0.241 e. The van der Waals surface area contributed by atoms with Gasteiger partial charge >= 0.3 is 0 Å². The number of amides is 1. The maximum atomic E-state index is 12.7. The zero-order valence-electron chi connectivity index (χ0n) is 19.4. The van der Waals surface area contributed by atoms with Crippen LogP contribution in [0.15, 0.2) is 72.8 Å². The van der Waals surface area contributed by atoms with Gasteiger partial charge in [-0.25, -0.2) is 8.42 Å². The normalized spacial score (nSPS) is 12.1. The Balaban J connectivity index is 1.67. The number of carbonyl (C=O) groups excluding carboxylic acids is 1. The van der Waals surface area contributed by atoms with Crippen molar-refractivity contribution in [3.8, 4) is 5.75 Å². The summed E-state index contributed by atoms with van der Waals surface area (Å²) in [4.78, 5) is 12.7. The fourth-order valence-corrected chi connectivity index (χ4v) is 4.51. The summed E-state index contributed by atoms with van der Waals surface area (Å²) in [6.45, 7) is 6.00. The van der Waals surface area contributed by atoms with Crippen molar-refractivity contribution in [1.82, 2.24) is 5.32 Å². The van der Waals surface area contributed by atoms with Crippen LogP contribution in [0.5, 0.6) is 5.75 Å². The molecule has 0 saturated heterocycles. The van der Waals surface area contributed by atoms with Gasteiger partial charge in [0.25, 0.3) is 0 Å². The maximum Gasteiger partial charge on any atom is 0.241 e. The minimum absolute atomic E-state index is 0.242. The molecule has 0 aromatic heterocycles. The van der Waals surface area contributed by atoms with Crippen molar-refractivity contribution in [1.29, 1.82) is 0 Å². The largest absolute Gasteiger partial charge is 0.489 e. The van der Waals surface area contributed by atoms with E-state index in [9.17, 15) is 13.2 Å². The van der Waals surface area contributed by atoms with Crippen LogP contribution in [0.2, 0.25) is 0 Å². The Labute approximate surface area is 196 Å². The van der Waals surface area contributed by atoms with Crippen LogP contribution in [0, 0.1) is 13.8 Å². The van der Waals surface area contributed by atoms with Gasteiger partial charge in [-0.05, 0) is 61.7 Å². The fraction of sp³-hybridized carbons (Fsp3) is 0.269. The molecule has 0 bridgehead atoms. The standard InChI is InChI=1S/C26H30N2O4S/c1-19-10-15-25(20(2)16-19)21(3)27-26(29)17-28(33(4,30)31)23-11-13-24(14-12-23)32-18-22-8-6-5-7-9-22/h5-16,21H,17-18H2,1-4H3,(H,27,29)/t21-/m1/s1. The number of rotatable bonds is 9. The molecule has 0 saturated carbocycles. The van der Waals surface area contributed by atoms with Gasteiger partial charge in [-0.3, -0.25) is 9.10 Å². The number of benzene rings is 3. The summed E-state index contributed by atoms with van der Waals surface area (Å²) in [5.74, 6) is 0.237. The Morgan fingerprint density at radius 1 is 1.00 bits per heavy atom. The second-order valence-corrected chi connectivity index (χ2v) is 10.1. The minimum Gasteiger partial charge on any atom is -0.489 e. The lowest BCUT2D eigenvalue weighted by atomic mass is 10.0. The Kier molecular flexibility index (Phi) is 7.76. The number of anilines is 1. The summed E-state index contributed by atoms with van der Waals surface area (Å²) in [5, 5.41) is 2.91. The molecule has 6 nitrogen and oxygen atoms in total. The molecule has 0 radical (unpaired) electrons. The first-order chi connectivity index (χ1) is 15.6. The van der Waals surface area contributed by atoms with Crippen molar-refractivity contribution in [3.63, 3.8) is 0 Å². The van der Waals surface area contributed by atoms with Crippen molar-refractivity contribution in [2.75, 3.05) is 17.1 Å². The third kappa shape index (κ3) is 6.83. The second kappa shape index (κ2) is 10.5. The fourth-order valence-electron chi connectivity index (χ4n) is 3.66. The van der Waals surface area contributed by atoms with E-state index < -0.39 is 10.0 Å². The average molecular weight is 467 g/mol. The van der Waals surface area contributed by atoms with Crippen molar-refractivity contribution in [2.24, 2.45) is 0 Å². The lowest BCUT2D eigenvalue weighted by molar-refractivity contribution is -0.120. The average Bonchev–Trinajstić information content (AvgIpc) is 2.76. The van der Waals surface area contributed by atoms with Gasteiger partial charge in [0.15, 0.2) is 0 Å². The van der Waals surface area contributed by atoms with Crippen LogP contribution in [0.1, 0.15) is 35.2 Å². The molecule has 3 aromatic carbocycles. The molecule has 0 unspecified atom stereocenters. The molecule has 3 aromatic rings. The van der Waals surface area contributed by atoms with Crippen LogP contribution in [-0.2, 0) is 21.4 Å². The molecular weight excluding hydrogens is 436 g/mol. The highest BCUT2D eigenvalue weighted by molar-refractivity contribution is 7.92. The lowest BCUT2D eigenvalue weighted by Gasteiger charge is -2.24. The van der Waals surface area contributed by atoms with Gasteiger partial charge in [0.1, 0.15) is 18.9 Å². The van der Waals surface area contributed by atoms with Crippen molar-refractivity contribution in [3.05, 3.63) is 95.1 Å². The van der Waals surface area contributed by atoms with Crippen LogP contribution in [-0.4, -0.2) is 27.1 Å². The molecule has 0 spiro atoms. The maximum absolute atomic E-state index is 12.7. The molecule has 33 heavy (non-hydrogen) atoms. The van der Waals surface area contributed by atoms with E-state index in [1.54, 1.807) is 24.3 Å². The van der Waals surface area contributed by atoms with Crippen molar-refractivity contribution < 1.29 is 17.9 Å². The number of carbonyl (C=O) groups is 1. The van der Waals surface area contributed by atoms with E-state index in [2.05, 4.69) is 11.4 Å². The molecule has 1 atom stereocenters. The molecule has 0 aliphatic heterocycles. The first-order valence-corrected chi connectivity index (χ1v) is 12.6. The van der Waals surface area contributed by atoms with E-state index in [0.29, 0.717) is 18.0 Å². The van der Waals surface area contributed by atoms with E-state index in [-0.39, 0.29) is 18.5 Å². The molecule has 3 rings (SSSR count). The van der Waals surface area contributed by atoms with Gasteiger partial charge in [0.05, 0.1) is 18.0 Å². The first kappa shape index (κ1) is 24.3. The van der Waals surface area contributed by atoms with E-state index in [4.69, 9.17) is 4.74 Å². The highest BCUT2D eigenvalue weighted by Gasteiger charge is 2.22. The molecule has 1 amide bonds. The Bertz CT molecular complexity index is 1190. The number of sulfonamides is 1. The SMILES string of the molecule is Cc1ccc([C@@H](C)NC(=O)CN(c2ccc(OCc3ccccc3)cc2)S(C)(=O)=O)c(C)c1. The second-order valence-electron chi connectivity index (χ2n) is 8.19. The zero-order valence-corrected chi connectivity index (χ0v) is 20.2. The number of ether oxygens (including phenoxy) is 1. The van der Waals surface area contributed by atoms with Gasteiger partial charge < -0.3 is 10.1 Å². The number of nitrogens with zero attached hydrogens (tertiary/aromatic N) is 1. The topological polar surface area (TPSA) is 75.7 Å². The minimum atomic E-state index is -3.66. The summed E-state index contributed by atoms with van der Waals surface area (Å²) >= 11 is 0. The van der Waals surface area contributed by atoms with Crippen molar-refractivity contribution in [2.45, 2.75) is 33.4 Å². The number of aryl methyl sites for hydroxylation is 2. The summed E-state index contributed by atoms with van der Waals surface area (Å²) < 4.78 is 31.7. The summed E-state index contributed by atoms with van der Waals surface area (Å²) in [7, 11) is -3.66. The van der Waals surface area contributed by atoms with Crippen LogP contribution in [0.3, 0.4) is 0 Å². The predicted octanol–water partition coefficient (Wildman–Crippen LogP) is 4.53. The third-order valence-electron chi connectivity index (χ3n) is 5.33. The van der Waals surface area contributed by atoms with Crippen LogP contribution in [0.4, 0.5) is 5.69 Å². The molecule has 174 valence electrons. The number of nitrogens with one attached hydrogen (secondary N) is 1. The van der Waals surface area contributed by atoms with E-state index in [1.165, 1.54) is 0 Å². The van der Waals surface area contributed by atoms with Gasteiger partial charge in [0.2, 0.25) is 15.9 Å². The Morgan fingerprint density at radius 2 is 1.67 bits per heavy atom. The highest BCUT2D eigenvalue weighted by atomic mass is 32.2. The number of hydrogen-bond acceptors (Lipinski definition) is 4. The van der Waals surface area contributed by atoms with Crippen molar-refractivity contribution >= 4 is 21.6 Å². The summed E-state index contributed by atoms with van der Waals surface area (Å²) in [6, 6.07) is 22.2. The zero-order chi connectivity index (χ0) is 24.0. The Hall–Kier alpha value is -3.32. The van der Waals surface area contributed by atoms with Crippen LogP contribution < -0.4 is 14.4 Å². The summed E-state index contributed by atoms with van der Waals surface area (Å²) in [5.41, 5.74) is 4.66. The predicted molar refractivity (Wildman–Crippen MR) is 132 cm³/mol. The van der Waals surface area contributed by atoms with E-state index in [1.807, 2.05) is 63.2 Å². The van der Waals surface area contributed by atoms with Gasteiger partial charge in [-0.2, -0.15) is 0 Å². The molecule has 0 heterocycles. The van der Waals surface area contributed by atoms with E-state index in [0.717, 1.165) is 32.8 Å². The number of hydrogen-bond donors (Lipinski definition) is 1. The van der Waals surface area contributed by atoms with Crippen LogP contribution >= 0.6 is 0 Å². The summed E-state index contributed by atoms with van der Waals surface area (Å²) in [6.07, 6.45) is 1.09. The quantitative estimate of drug-likeness (QED) is 0.503. The highest BCUT2D eigenvalue weighted by Crippen LogP contribution is 2.23. The molecular formula is C26H30N2O4S. The van der Waals surface area contributed by atoms with Gasteiger partial charge in [-0.1, -0.05) is 54.1 Å². The molecule has 0 aliphatic carbocycles. The van der Waals surface area contributed by atoms with Gasteiger partial charge in [0, 0.05) is 0 Å². The Morgan fingerprint density at radius 3 is 2.27 bits per heavy atom. The van der Waals surface area contributed by atoms with Gasteiger partial charge in [-0.15, -0.1) is 0 Å². The molecule has 0 fully saturated rings. The first-order valence-electron chi connectivity index (χ1n) is 10.7. The van der Waals surface area contributed by atoms with E-state index >= 15 is 0 Å². The molecule has 7 heteroatoms.